The molecule has 0 atom stereocenters. The molecule has 1 aromatic heterocycles. The lowest BCUT2D eigenvalue weighted by atomic mass is 10.0. The second kappa shape index (κ2) is 6.03. The molecule has 0 radical (unpaired) electrons. The highest BCUT2D eigenvalue weighted by atomic mass is 19.2. The molecule has 122 valence electrons. The zero-order valence-electron chi connectivity index (χ0n) is 12.4. The van der Waals surface area contributed by atoms with Crippen molar-refractivity contribution in [2.45, 2.75) is 6.92 Å². The summed E-state index contributed by atoms with van der Waals surface area (Å²) < 4.78 is 67.4. The van der Waals surface area contributed by atoms with Crippen LogP contribution in [-0.4, -0.2) is 4.98 Å². The molecule has 1 heterocycles. The van der Waals surface area contributed by atoms with Crippen LogP contribution in [0.4, 0.5) is 22.0 Å². The lowest BCUT2D eigenvalue weighted by Crippen LogP contribution is -2.04. The second-order valence-electron chi connectivity index (χ2n) is 5.19. The maximum atomic E-state index is 13.8. The predicted molar refractivity (Wildman–Crippen MR) is 79.6 cm³/mol. The average molecular weight is 335 g/mol. The van der Waals surface area contributed by atoms with E-state index in [-0.39, 0.29) is 5.56 Å². The minimum absolute atomic E-state index is 0.194. The van der Waals surface area contributed by atoms with Gasteiger partial charge in [0.25, 0.3) is 0 Å². The van der Waals surface area contributed by atoms with E-state index in [0.29, 0.717) is 5.69 Å². The van der Waals surface area contributed by atoms with Gasteiger partial charge in [-0.1, -0.05) is 30.3 Å². The number of hydrogen-bond acceptors (Lipinski definition) is 1. The highest BCUT2D eigenvalue weighted by molar-refractivity contribution is 5.69. The molecule has 0 aliphatic carbocycles. The monoisotopic (exact) mass is 335 g/mol. The topological polar surface area (TPSA) is 12.9 Å². The zero-order chi connectivity index (χ0) is 17.4. The normalized spacial score (nSPS) is 10.9. The number of rotatable bonds is 2. The molecule has 0 saturated heterocycles. The molecule has 24 heavy (non-hydrogen) atoms. The maximum Gasteiger partial charge on any atom is 0.200 e. The Kier molecular flexibility index (Phi) is 4.05. The van der Waals surface area contributed by atoms with Gasteiger partial charge in [-0.3, -0.25) is 4.98 Å². The van der Waals surface area contributed by atoms with Gasteiger partial charge in [0.2, 0.25) is 5.82 Å². The fraction of sp³-hybridized carbons (Fsp3) is 0.0556. The zero-order valence-corrected chi connectivity index (χ0v) is 12.4. The summed E-state index contributed by atoms with van der Waals surface area (Å²) in [5.74, 6) is -9.90. The fourth-order valence-electron chi connectivity index (χ4n) is 2.42. The van der Waals surface area contributed by atoms with Crippen LogP contribution in [0.25, 0.3) is 22.4 Å². The van der Waals surface area contributed by atoms with Crippen LogP contribution >= 0.6 is 0 Å². The Morgan fingerprint density at radius 1 is 0.708 bits per heavy atom. The van der Waals surface area contributed by atoms with Crippen LogP contribution in [0.1, 0.15) is 5.56 Å². The van der Waals surface area contributed by atoms with E-state index in [4.69, 9.17) is 0 Å². The highest BCUT2D eigenvalue weighted by Gasteiger charge is 2.26. The van der Waals surface area contributed by atoms with E-state index < -0.39 is 34.6 Å². The Labute approximate surface area is 134 Å². The van der Waals surface area contributed by atoms with Gasteiger partial charge in [-0.25, -0.2) is 22.0 Å². The van der Waals surface area contributed by atoms with Gasteiger partial charge >= 0.3 is 0 Å². The van der Waals surface area contributed by atoms with Crippen molar-refractivity contribution in [2.75, 3.05) is 0 Å². The summed E-state index contributed by atoms with van der Waals surface area (Å²) in [6.07, 6.45) is 1.08. The largest absolute Gasteiger partial charge is 0.256 e. The quantitative estimate of drug-likeness (QED) is 0.346. The fourth-order valence-corrected chi connectivity index (χ4v) is 2.42. The number of benzene rings is 2. The highest BCUT2D eigenvalue weighted by Crippen LogP contribution is 2.32. The molecule has 0 aliphatic heterocycles. The summed E-state index contributed by atoms with van der Waals surface area (Å²) in [5, 5.41) is 0. The summed E-state index contributed by atoms with van der Waals surface area (Å²) in [6.45, 7) is 1.87. The Bertz CT molecular complexity index is 890. The van der Waals surface area contributed by atoms with Crippen molar-refractivity contribution in [3.8, 4) is 22.4 Å². The molecule has 0 spiro atoms. The molecule has 0 fully saturated rings. The summed E-state index contributed by atoms with van der Waals surface area (Å²) in [5.41, 5.74) is 1.09. The van der Waals surface area contributed by atoms with Gasteiger partial charge in [-0.15, -0.1) is 0 Å². The van der Waals surface area contributed by atoms with E-state index in [1.54, 1.807) is 0 Å². The molecule has 0 amide bonds. The van der Waals surface area contributed by atoms with Gasteiger partial charge in [-0.05, 0) is 18.6 Å². The molecular formula is C18H10F5N. The molecule has 6 heteroatoms. The van der Waals surface area contributed by atoms with Crippen LogP contribution < -0.4 is 0 Å². The molecule has 3 aromatic rings. The Morgan fingerprint density at radius 2 is 1.29 bits per heavy atom. The number of halogens is 5. The minimum Gasteiger partial charge on any atom is -0.256 e. The van der Waals surface area contributed by atoms with Crippen molar-refractivity contribution in [2.24, 2.45) is 0 Å². The molecule has 0 N–H and O–H groups in total. The second-order valence-corrected chi connectivity index (χ2v) is 5.19. The van der Waals surface area contributed by atoms with E-state index in [9.17, 15) is 22.0 Å². The average Bonchev–Trinajstić information content (AvgIpc) is 2.60. The van der Waals surface area contributed by atoms with Crippen molar-refractivity contribution < 1.29 is 22.0 Å². The van der Waals surface area contributed by atoms with Gasteiger partial charge in [-0.2, -0.15) is 0 Å². The first-order chi connectivity index (χ1) is 11.4. The van der Waals surface area contributed by atoms with Crippen molar-refractivity contribution in [3.63, 3.8) is 0 Å². The van der Waals surface area contributed by atoms with Gasteiger partial charge in [0.15, 0.2) is 23.3 Å². The van der Waals surface area contributed by atoms with Crippen LogP contribution in [-0.2, 0) is 0 Å². The standard InChI is InChI=1S/C18H10F5N/c1-9-4-2-3-5-11(9)12-7-6-10(8-24-12)13-14(19)16(21)18(23)17(22)15(13)20/h2-8H,1H3. The number of aryl methyl sites for hydroxylation is 1. The lowest BCUT2D eigenvalue weighted by molar-refractivity contribution is 0.381. The van der Waals surface area contributed by atoms with Gasteiger partial charge in [0.1, 0.15) is 0 Å². The first-order valence-electron chi connectivity index (χ1n) is 6.95. The Morgan fingerprint density at radius 3 is 1.83 bits per heavy atom. The third kappa shape index (κ3) is 2.54. The smallest absolute Gasteiger partial charge is 0.200 e. The van der Waals surface area contributed by atoms with E-state index in [2.05, 4.69) is 4.98 Å². The van der Waals surface area contributed by atoms with Crippen molar-refractivity contribution in [1.82, 2.24) is 4.98 Å². The van der Waals surface area contributed by atoms with E-state index in [1.807, 2.05) is 31.2 Å². The van der Waals surface area contributed by atoms with Crippen LogP contribution in [0.2, 0.25) is 0 Å². The lowest BCUT2D eigenvalue weighted by Gasteiger charge is -2.09. The van der Waals surface area contributed by atoms with Gasteiger partial charge in [0, 0.05) is 17.3 Å². The molecule has 3 rings (SSSR count). The van der Waals surface area contributed by atoms with Crippen molar-refractivity contribution >= 4 is 0 Å². The van der Waals surface area contributed by atoms with E-state index >= 15 is 0 Å². The van der Waals surface area contributed by atoms with Gasteiger partial charge in [0.05, 0.1) is 11.3 Å². The molecule has 0 bridgehead atoms. The van der Waals surface area contributed by atoms with Gasteiger partial charge < -0.3 is 0 Å². The SMILES string of the molecule is Cc1ccccc1-c1ccc(-c2c(F)c(F)c(F)c(F)c2F)cn1. The molecule has 0 saturated carbocycles. The van der Waals surface area contributed by atoms with Crippen molar-refractivity contribution in [1.29, 1.82) is 0 Å². The molecule has 2 aromatic carbocycles. The van der Waals surface area contributed by atoms with Crippen LogP contribution in [0, 0.1) is 36.0 Å². The predicted octanol–water partition coefficient (Wildman–Crippen LogP) is 5.42. The molecule has 0 aliphatic rings. The third-order valence-corrected chi connectivity index (χ3v) is 3.68. The third-order valence-electron chi connectivity index (χ3n) is 3.68. The maximum absolute atomic E-state index is 13.8. The van der Waals surface area contributed by atoms with Crippen LogP contribution in [0.3, 0.4) is 0 Å². The molecule has 0 unspecified atom stereocenters. The summed E-state index contributed by atoms with van der Waals surface area (Å²) in [7, 11) is 0. The molecule has 1 nitrogen and oxygen atoms in total. The van der Waals surface area contributed by atoms with Crippen LogP contribution in [0.15, 0.2) is 42.6 Å². The first kappa shape index (κ1) is 16.1. The molecular weight excluding hydrogens is 325 g/mol. The van der Waals surface area contributed by atoms with E-state index in [0.717, 1.165) is 17.3 Å². The Hall–Kier alpha value is -2.76. The number of pyridine rings is 1. The first-order valence-corrected chi connectivity index (χ1v) is 6.95. The Balaban J connectivity index is 2.12. The van der Waals surface area contributed by atoms with Crippen molar-refractivity contribution in [3.05, 3.63) is 77.2 Å². The summed E-state index contributed by atoms with van der Waals surface area (Å²) >= 11 is 0. The number of hydrogen-bond donors (Lipinski definition) is 0. The number of nitrogens with zero attached hydrogens (tertiary/aromatic N) is 1. The number of aromatic nitrogens is 1. The summed E-state index contributed by atoms with van der Waals surface area (Å²) in [6, 6.07) is 10.1. The minimum atomic E-state index is -2.18. The van der Waals surface area contributed by atoms with E-state index in [1.165, 1.54) is 12.1 Å². The summed E-state index contributed by atoms with van der Waals surface area (Å²) in [4.78, 5) is 4.08. The van der Waals surface area contributed by atoms with Crippen LogP contribution in [0.5, 0.6) is 0 Å².